The normalized spacial score (nSPS) is 13.4. The van der Waals surface area contributed by atoms with Crippen molar-refractivity contribution in [3.63, 3.8) is 0 Å². The maximum Gasteiger partial charge on any atom is 0.420 e. The summed E-state index contributed by atoms with van der Waals surface area (Å²) in [4.78, 5) is 14.4. The lowest BCUT2D eigenvalue weighted by Crippen LogP contribution is -2.25. The highest BCUT2D eigenvalue weighted by molar-refractivity contribution is 9.10. The van der Waals surface area contributed by atoms with Gasteiger partial charge in [-0.2, -0.15) is 18.2 Å². The molecular formula is C10H8BrF3N4O2. The molecule has 0 aliphatic heterocycles. The third kappa shape index (κ3) is 2.84. The van der Waals surface area contributed by atoms with E-state index < -0.39 is 29.4 Å². The summed E-state index contributed by atoms with van der Waals surface area (Å²) in [7, 11) is 0. The lowest BCUT2D eigenvalue weighted by Gasteiger charge is -2.07. The van der Waals surface area contributed by atoms with Gasteiger partial charge in [0.2, 0.25) is 5.95 Å². The summed E-state index contributed by atoms with van der Waals surface area (Å²) in [6, 6.07) is -0.140. The first kappa shape index (κ1) is 14.6. The number of carbonyl (C=O) groups is 1. The van der Waals surface area contributed by atoms with Gasteiger partial charge in [0, 0.05) is 10.7 Å². The molecule has 0 spiro atoms. The smallest absolute Gasteiger partial charge is 0.420 e. The van der Waals surface area contributed by atoms with E-state index in [-0.39, 0.29) is 10.4 Å². The number of alkyl halides is 3. The molecule has 0 aliphatic rings. The molecule has 108 valence electrons. The zero-order valence-corrected chi connectivity index (χ0v) is 11.5. The summed E-state index contributed by atoms with van der Waals surface area (Å²) in [5.41, 5.74) is -1.36. The van der Waals surface area contributed by atoms with Crippen molar-refractivity contribution in [1.82, 2.24) is 14.6 Å². The van der Waals surface area contributed by atoms with E-state index in [0.29, 0.717) is 0 Å². The van der Waals surface area contributed by atoms with Crippen LogP contribution in [0.25, 0.3) is 5.65 Å². The molecule has 0 radical (unpaired) electrons. The number of hydrogen-bond donors (Lipinski definition) is 2. The minimum atomic E-state index is -4.59. The van der Waals surface area contributed by atoms with Crippen LogP contribution in [0.4, 0.5) is 19.1 Å². The highest BCUT2D eigenvalue weighted by Crippen LogP contribution is 2.33. The molecular weight excluding hydrogens is 345 g/mol. The lowest BCUT2D eigenvalue weighted by atomic mass is 10.2. The second-order valence-corrected chi connectivity index (χ2v) is 4.89. The van der Waals surface area contributed by atoms with E-state index in [1.54, 1.807) is 0 Å². The number of rotatable bonds is 3. The fraction of sp³-hybridized carbons (Fsp3) is 0.300. The maximum absolute atomic E-state index is 12.9. The minimum Gasteiger partial charge on any atom is -0.480 e. The first-order valence-electron chi connectivity index (χ1n) is 5.31. The molecule has 0 bridgehead atoms. The van der Waals surface area contributed by atoms with Crippen molar-refractivity contribution < 1.29 is 23.1 Å². The number of hydrogen-bond acceptors (Lipinski definition) is 4. The van der Waals surface area contributed by atoms with E-state index in [2.05, 4.69) is 31.3 Å². The minimum absolute atomic E-state index is 0.181. The van der Waals surface area contributed by atoms with Crippen molar-refractivity contribution in [2.45, 2.75) is 19.1 Å². The van der Waals surface area contributed by atoms with Gasteiger partial charge < -0.3 is 10.4 Å². The molecule has 10 heteroatoms. The van der Waals surface area contributed by atoms with E-state index in [1.807, 2.05) is 0 Å². The second-order valence-electron chi connectivity index (χ2n) is 3.98. The van der Waals surface area contributed by atoms with Crippen LogP contribution in [-0.4, -0.2) is 31.7 Å². The summed E-state index contributed by atoms with van der Waals surface area (Å²) >= 11 is 2.96. The largest absolute Gasteiger partial charge is 0.480 e. The topological polar surface area (TPSA) is 79.5 Å². The van der Waals surface area contributed by atoms with Crippen molar-refractivity contribution in [2.24, 2.45) is 0 Å². The van der Waals surface area contributed by atoms with E-state index in [0.717, 1.165) is 10.6 Å². The Bertz CT molecular complexity index is 670. The first-order chi connectivity index (χ1) is 9.18. The molecule has 0 aromatic carbocycles. The summed E-state index contributed by atoms with van der Waals surface area (Å²) in [5, 5.41) is 14.9. The van der Waals surface area contributed by atoms with Gasteiger partial charge in [-0.1, -0.05) is 0 Å². The lowest BCUT2D eigenvalue weighted by molar-refractivity contribution is -0.138. The summed E-state index contributed by atoms with van der Waals surface area (Å²) < 4.78 is 39.8. The molecule has 0 fully saturated rings. The van der Waals surface area contributed by atoms with Gasteiger partial charge in [-0.05, 0) is 28.9 Å². The Hall–Kier alpha value is -1.84. The average molecular weight is 353 g/mol. The Morgan fingerprint density at radius 1 is 1.55 bits per heavy atom. The Balaban J connectivity index is 2.51. The fourth-order valence-electron chi connectivity index (χ4n) is 1.48. The van der Waals surface area contributed by atoms with Gasteiger partial charge in [0.1, 0.15) is 11.6 Å². The molecule has 6 nitrogen and oxygen atoms in total. The average Bonchev–Trinajstić information content (AvgIpc) is 2.68. The van der Waals surface area contributed by atoms with E-state index in [1.165, 1.54) is 13.1 Å². The van der Waals surface area contributed by atoms with Gasteiger partial charge in [0.15, 0.2) is 5.65 Å². The van der Waals surface area contributed by atoms with E-state index >= 15 is 0 Å². The number of carboxylic acid groups (broad SMARTS) is 1. The highest BCUT2D eigenvalue weighted by atomic mass is 79.9. The van der Waals surface area contributed by atoms with Crippen molar-refractivity contribution in [3.05, 3.63) is 22.3 Å². The molecule has 0 saturated carbocycles. The number of aromatic nitrogens is 3. The second kappa shape index (κ2) is 4.93. The van der Waals surface area contributed by atoms with Crippen LogP contribution in [0.3, 0.4) is 0 Å². The number of nitrogens with zero attached hydrogens (tertiary/aromatic N) is 3. The van der Waals surface area contributed by atoms with Crippen LogP contribution in [0.1, 0.15) is 12.5 Å². The van der Waals surface area contributed by atoms with Crippen LogP contribution in [0.15, 0.2) is 16.7 Å². The van der Waals surface area contributed by atoms with Gasteiger partial charge in [0.05, 0.1) is 0 Å². The summed E-state index contributed by atoms with van der Waals surface area (Å²) in [6.07, 6.45) is -3.29. The number of halogens is 4. The molecule has 0 saturated heterocycles. The Morgan fingerprint density at radius 2 is 2.20 bits per heavy atom. The van der Waals surface area contributed by atoms with Crippen LogP contribution in [0.2, 0.25) is 0 Å². The van der Waals surface area contributed by atoms with Crippen LogP contribution in [0.5, 0.6) is 0 Å². The van der Waals surface area contributed by atoms with Crippen LogP contribution < -0.4 is 5.32 Å². The van der Waals surface area contributed by atoms with Crippen molar-refractivity contribution in [3.8, 4) is 0 Å². The molecule has 1 atom stereocenters. The standard InChI is InChI=1S/C10H8BrF3N4O2/c1-4(8(19)20)15-9-16-7-6(10(12,13)14)2-5(11)3-18(7)17-9/h2-4H,1H3,(H,15,17)(H,19,20). The Labute approximate surface area is 118 Å². The highest BCUT2D eigenvalue weighted by Gasteiger charge is 2.35. The van der Waals surface area contributed by atoms with Crippen LogP contribution >= 0.6 is 15.9 Å². The predicted molar refractivity (Wildman–Crippen MR) is 66.4 cm³/mol. The first-order valence-corrected chi connectivity index (χ1v) is 6.10. The van der Waals surface area contributed by atoms with Crippen LogP contribution in [-0.2, 0) is 11.0 Å². The molecule has 2 heterocycles. The number of carboxylic acids is 1. The monoisotopic (exact) mass is 352 g/mol. The summed E-state index contributed by atoms with van der Waals surface area (Å²) in [6.45, 7) is 1.33. The molecule has 2 aromatic heterocycles. The van der Waals surface area contributed by atoms with E-state index in [4.69, 9.17) is 5.11 Å². The van der Waals surface area contributed by atoms with E-state index in [9.17, 15) is 18.0 Å². The van der Waals surface area contributed by atoms with Crippen molar-refractivity contribution in [1.29, 1.82) is 0 Å². The van der Waals surface area contributed by atoms with Gasteiger partial charge in [-0.25, -0.2) is 4.52 Å². The molecule has 1 unspecified atom stereocenters. The fourth-order valence-corrected chi connectivity index (χ4v) is 1.90. The van der Waals surface area contributed by atoms with Gasteiger partial charge in [-0.15, -0.1) is 5.10 Å². The molecule has 2 rings (SSSR count). The third-order valence-corrected chi connectivity index (χ3v) is 2.86. The van der Waals surface area contributed by atoms with Gasteiger partial charge in [-0.3, -0.25) is 4.79 Å². The van der Waals surface area contributed by atoms with Gasteiger partial charge >= 0.3 is 12.1 Å². The molecule has 2 aromatic rings. The maximum atomic E-state index is 12.9. The third-order valence-electron chi connectivity index (χ3n) is 2.42. The Morgan fingerprint density at radius 3 is 2.75 bits per heavy atom. The molecule has 2 N–H and O–H groups in total. The van der Waals surface area contributed by atoms with Crippen LogP contribution in [0, 0.1) is 0 Å². The zero-order valence-electron chi connectivity index (χ0n) is 9.94. The number of pyridine rings is 1. The molecule has 0 aliphatic carbocycles. The van der Waals surface area contributed by atoms with Crippen molar-refractivity contribution in [2.75, 3.05) is 5.32 Å². The molecule has 20 heavy (non-hydrogen) atoms. The zero-order chi connectivity index (χ0) is 15.1. The number of aliphatic carboxylic acids is 1. The quantitative estimate of drug-likeness (QED) is 0.886. The number of nitrogens with one attached hydrogen (secondary N) is 1. The van der Waals surface area contributed by atoms with Crippen molar-refractivity contribution >= 4 is 33.5 Å². The number of fused-ring (bicyclic) bond motifs is 1. The Kier molecular flexibility index (Phi) is 3.59. The SMILES string of the molecule is CC(Nc1nc2c(C(F)(F)F)cc(Br)cn2n1)C(=O)O. The predicted octanol–water partition coefficient (Wildman–Crippen LogP) is 2.40. The molecule has 0 amide bonds. The summed E-state index contributed by atoms with van der Waals surface area (Å²) in [5.74, 6) is -1.36. The van der Waals surface area contributed by atoms with Gasteiger partial charge in [0.25, 0.3) is 0 Å². The number of anilines is 1.